The van der Waals surface area contributed by atoms with Crippen LogP contribution in [0.4, 0.5) is 0 Å². The van der Waals surface area contributed by atoms with Gasteiger partial charge in [0.15, 0.2) is 5.84 Å². The Morgan fingerprint density at radius 3 is 3.00 bits per heavy atom. The van der Waals surface area contributed by atoms with Crippen molar-refractivity contribution in [3.05, 3.63) is 48.2 Å². The lowest BCUT2D eigenvalue weighted by Gasteiger charge is -2.07. The van der Waals surface area contributed by atoms with Crippen LogP contribution in [0, 0.1) is 0 Å². The van der Waals surface area contributed by atoms with E-state index < -0.39 is 0 Å². The van der Waals surface area contributed by atoms with Gasteiger partial charge in [-0.15, -0.1) is 0 Å². The van der Waals surface area contributed by atoms with E-state index in [1.165, 1.54) is 0 Å². The highest BCUT2D eigenvalue weighted by Crippen LogP contribution is 2.21. The number of nitrogens with zero attached hydrogens (tertiary/aromatic N) is 5. The zero-order valence-electron chi connectivity index (χ0n) is 11.6. The Labute approximate surface area is 121 Å². The Morgan fingerprint density at radius 2 is 2.24 bits per heavy atom. The van der Waals surface area contributed by atoms with Crippen molar-refractivity contribution in [2.45, 2.75) is 20.0 Å². The molecule has 0 aliphatic heterocycles. The Bertz CT molecular complexity index is 801. The summed E-state index contributed by atoms with van der Waals surface area (Å²) in [5.41, 5.74) is 7.43. The van der Waals surface area contributed by atoms with Gasteiger partial charge in [-0.25, -0.2) is 9.67 Å². The number of aromatic nitrogens is 4. The van der Waals surface area contributed by atoms with Crippen molar-refractivity contribution < 1.29 is 5.21 Å². The van der Waals surface area contributed by atoms with Crippen molar-refractivity contribution in [2.75, 3.05) is 0 Å². The molecule has 0 aliphatic carbocycles. The van der Waals surface area contributed by atoms with Gasteiger partial charge in [0, 0.05) is 29.2 Å². The van der Waals surface area contributed by atoms with Crippen LogP contribution in [0.25, 0.3) is 10.9 Å². The molecular weight excluding hydrogens is 268 g/mol. The maximum Gasteiger partial charge on any atom is 0.170 e. The van der Waals surface area contributed by atoms with Gasteiger partial charge in [0.2, 0.25) is 0 Å². The molecule has 108 valence electrons. The van der Waals surface area contributed by atoms with Crippen LogP contribution in [0.2, 0.25) is 0 Å². The Kier molecular flexibility index (Phi) is 3.31. The predicted octanol–water partition coefficient (Wildman–Crippen LogP) is 1.40. The van der Waals surface area contributed by atoms with Crippen molar-refractivity contribution >= 4 is 16.7 Å². The van der Waals surface area contributed by atoms with E-state index in [1.807, 2.05) is 42.1 Å². The molecule has 21 heavy (non-hydrogen) atoms. The third-order valence-electron chi connectivity index (χ3n) is 3.50. The molecule has 7 heteroatoms. The number of oxime groups is 1. The van der Waals surface area contributed by atoms with Gasteiger partial charge in [-0.05, 0) is 19.1 Å². The smallest absolute Gasteiger partial charge is 0.170 e. The van der Waals surface area contributed by atoms with Gasteiger partial charge >= 0.3 is 0 Å². The average Bonchev–Trinajstić information content (AvgIpc) is 3.13. The Hall–Kier alpha value is -2.83. The third kappa shape index (κ3) is 2.22. The van der Waals surface area contributed by atoms with Gasteiger partial charge in [-0.3, -0.25) is 0 Å². The van der Waals surface area contributed by atoms with Crippen molar-refractivity contribution in [2.24, 2.45) is 10.9 Å². The summed E-state index contributed by atoms with van der Waals surface area (Å²) in [6, 6.07) is 7.67. The van der Waals surface area contributed by atoms with Crippen LogP contribution in [0.5, 0.6) is 0 Å². The van der Waals surface area contributed by atoms with Crippen molar-refractivity contribution in [1.82, 2.24) is 19.3 Å². The summed E-state index contributed by atoms with van der Waals surface area (Å²) in [6.45, 7) is 3.43. The molecule has 1 aromatic carbocycles. The van der Waals surface area contributed by atoms with Crippen LogP contribution in [0.1, 0.15) is 18.3 Å². The van der Waals surface area contributed by atoms with E-state index in [0.29, 0.717) is 12.1 Å². The lowest BCUT2D eigenvalue weighted by atomic mass is 10.1. The second kappa shape index (κ2) is 5.28. The fraction of sp³-hybridized carbons (Fsp3) is 0.214. The minimum Gasteiger partial charge on any atom is -0.409 e. The molecule has 0 saturated heterocycles. The van der Waals surface area contributed by atoms with E-state index in [2.05, 4.69) is 19.8 Å². The number of hydrogen-bond acceptors (Lipinski definition) is 4. The first-order valence-electron chi connectivity index (χ1n) is 6.67. The molecule has 3 rings (SSSR count). The molecule has 0 radical (unpaired) electrons. The van der Waals surface area contributed by atoms with E-state index in [4.69, 9.17) is 10.9 Å². The molecule has 7 nitrogen and oxygen atoms in total. The molecule has 0 unspecified atom stereocenters. The first-order valence-corrected chi connectivity index (χ1v) is 6.67. The molecule has 0 atom stereocenters. The minimum atomic E-state index is 0.107. The zero-order valence-corrected chi connectivity index (χ0v) is 11.6. The average molecular weight is 284 g/mol. The topological polar surface area (TPSA) is 94.2 Å². The SMILES string of the molecule is CCn1ncnc1Cn1ccc2c(/C(N)=N/O)cccc21. The number of benzene rings is 1. The maximum absolute atomic E-state index is 8.86. The number of hydrogen-bond donors (Lipinski definition) is 2. The second-order valence-electron chi connectivity index (χ2n) is 4.66. The second-order valence-corrected chi connectivity index (χ2v) is 4.66. The van der Waals surface area contributed by atoms with Gasteiger partial charge in [0.05, 0.1) is 6.54 Å². The van der Waals surface area contributed by atoms with Gasteiger partial charge in [-0.2, -0.15) is 5.10 Å². The highest BCUT2D eigenvalue weighted by Gasteiger charge is 2.10. The maximum atomic E-state index is 8.86. The molecule has 0 spiro atoms. The molecule has 0 fully saturated rings. The summed E-state index contributed by atoms with van der Waals surface area (Å²) < 4.78 is 3.93. The largest absolute Gasteiger partial charge is 0.409 e. The van der Waals surface area contributed by atoms with E-state index in [0.717, 1.165) is 23.3 Å². The monoisotopic (exact) mass is 284 g/mol. The van der Waals surface area contributed by atoms with Gasteiger partial charge < -0.3 is 15.5 Å². The fourth-order valence-electron chi connectivity index (χ4n) is 2.47. The van der Waals surface area contributed by atoms with Crippen molar-refractivity contribution in [3.8, 4) is 0 Å². The summed E-state index contributed by atoms with van der Waals surface area (Å²) >= 11 is 0. The van der Waals surface area contributed by atoms with Gasteiger partial charge in [0.1, 0.15) is 12.2 Å². The van der Waals surface area contributed by atoms with Crippen molar-refractivity contribution in [3.63, 3.8) is 0 Å². The molecule has 3 N–H and O–H groups in total. The van der Waals surface area contributed by atoms with Crippen LogP contribution >= 0.6 is 0 Å². The fourth-order valence-corrected chi connectivity index (χ4v) is 2.47. The lowest BCUT2D eigenvalue weighted by Crippen LogP contribution is -2.13. The summed E-state index contributed by atoms with van der Waals surface area (Å²) in [5.74, 6) is 0.999. The molecule has 0 saturated carbocycles. The first-order chi connectivity index (χ1) is 10.2. The van der Waals surface area contributed by atoms with Crippen LogP contribution < -0.4 is 5.73 Å². The van der Waals surface area contributed by atoms with Gasteiger partial charge in [-0.1, -0.05) is 17.3 Å². The normalized spacial score (nSPS) is 12.1. The summed E-state index contributed by atoms with van der Waals surface area (Å²) in [6.07, 6.45) is 3.53. The summed E-state index contributed by atoms with van der Waals surface area (Å²) in [5, 5.41) is 17.1. The van der Waals surface area contributed by atoms with E-state index in [-0.39, 0.29) is 5.84 Å². The number of rotatable bonds is 4. The molecule has 3 aromatic rings. The van der Waals surface area contributed by atoms with E-state index in [9.17, 15) is 0 Å². The Balaban J connectivity index is 2.05. The zero-order chi connectivity index (χ0) is 14.8. The number of aryl methyl sites for hydroxylation is 1. The van der Waals surface area contributed by atoms with Gasteiger partial charge in [0.25, 0.3) is 0 Å². The molecule has 0 bridgehead atoms. The minimum absolute atomic E-state index is 0.107. The lowest BCUT2D eigenvalue weighted by molar-refractivity contribution is 0.318. The summed E-state index contributed by atoms with van der Waals surface area (Å²) in [7, 11) is 0. The molecule has 2 aromatic heterocycles. The number of nitrogens with two attached hydrogens (primary N) is 1. The van der Waals surface area contributed by atoms with Crippen LogP contribution in [-0.4, -0.2) is 30.4 Å². The Morgan fingerprint density at radius 1 is 1.38 bits per heavy atom. The molecule has 2 heterocycles. The van der Waals surface area contributed by atoms with Crippen LogP contribution in [-0.2, 0) is 13.1 Å². The highest BCUT2D eigenvalue weighted by molar-refractivity contribution is 6.08. The third-order valence-corrected chi connectivity index (χ3v) is 3.50. The predicted molar refractivity (Wildman–Crippen MR) is 79.2 cm³/mol. The van der Waals surface area contributed by atoms with Crippen molar-refractivity contribution in [1.29, 1.82) is 0 Å². The van der Waals surface area contributed by atoms with Crippen LogP contribution in [0.3, 0.4) is 0 Å². The van der Waals surface area contributed by atoms with E-state index in [1.54, 1.807) is 6.33 Å². The highest BCUT2D eigenvalue weighted by atomic mass is 16.4. The standard InChI is InChI=1S/C14H16N6O/c1-2-20-13(16-9-17-20)8-19-7-6-10-11(14(15)18-21)4-3-5-12(10)19/h3-7,9,21H,2,8H2,1H3,(H2,15,18). The van der Waals surface area contributed by atoms with E-state index >= 15 is 0 Å². The molecular formula is C14H16N6O. The quantitative estimate of drug-likeness (QED) is 0.328. The molecule has 0 amide bonds. The molecule has 0 aliphatic rings. The number of amidine groups is 1. The van der Waals surface area contributed by atoms with Crippen LogP contribution in [0.15, 0.2) is 41.9 Å². The first kappa shape index (κ1) is 13.2. The summed E-state index contributed by atoms with van der Waals surface area (Å²) in [4.78, 5) is 4.29. The number of fused-ring (bicyclic) bond motifs is 1.